The number of hydrogen-bond acceptors (Lipinski definition) is 7. The first-order chi connectivity index (χ1) is 11.1. The lowest BCUT2D eigenvalue weighted by atomic mass is 9.73. The lowest BCUT2D eigenvalue weighted by Crippen LogP contribution is -2.52. The Bertz CT molecular complexity index is 622. The molecule has 7 heteroatoms. The first-order valence-electron chi connectivity index (χ1n) is 7.93. The predicted molar refractivity (Wildman–Crippen MR) is 81.5 cm³/mol. The number of ether oxygens (including phenoxy) is 2. The second-order valence-electron chi connectivity index (χ2n) is 7.25. The standard InChI is InChI=1S/C17H22O7/c1-8-10-7-12(22-9(2)18)17(4,20)11-5-6-16(3,24-21)13(11)14(10)23-15(8)19/h5-6,10-14,20-21H,1,7H2,2-4H3. The molecule has 0 amide bonds. The fourth-order valence-electron chi connectivity index (χ4n) is 4.34. The van der Waals surface area contributed by atoms with Crippen LogP contribution in [0, 0.1) is 17.8 Å². The molecule has 0 radical (unpaired) electrons. The molecular formula is C17H22O7. The Morgan fingerprint density at radius 1 is 1.46 bits per heavy atom. The van der Waals surface area contributed by atoms with E-state index >= 15 is 0 Å². The summed E-state index contributed by atoms with van der Waals surface area (Å²) >= 11 is 0. The van der Waals surface area contributed by atoms with Gasteiger partial charge in [0.25, 0.3) is 0 Å². The van der Waals surface area contributed by atoms with Crippen LogP contribution in [0.5, 0.6) is 0 Å². The van der Waals surface area contributed by atoms with Gasteiger partial charge in [0.1, 0.15) is 23.4 Å². The maximum absolute atomic E-state index is 12.0. The van der Waals surface area contributed by atoms with E-state index in [4.69, 9.17) is 9.47 Å². The van der Waals surface area contributed by atoms with Crippen LogP contribution in [0.3, 0.4) is 0 Å². The third-order valence-corrected chi connectivity index (χ3v) is 5.69. The monoisotopic (exact) mass is 338 g/mol. The van der Waals surface area contributed by atoms with Crippen molar-refractivity contribution in [3.63, 3.8) is 0 Å². The largest absolute Gasteiger partial charge is 0.459 e. The summed E-state index contributed by atoms with van der Waals surface area (Å²) in [5, 5.41) is 20.5. The third-order valence-electron chi connectivity index (χ3n) is 5.69. The molecule has 3 rings (SSSR count). The molecule has 132 valence electrons. The number of fused-ring (bicyclic) bond motifs is 3. The van der Waals surface area contributed by atoms with Gasteiger partial charge in [-0.25, -0.2) is 9.68 Å². The van der Waals surface area contributed by atoms with Crippen LogP contribution in [-0.4, -0.2) is 45.7 Å². The Morgan fingerprint density at radius 3 is 2.71 bits per heavy atom. The quantitative estimate of drug-likeness (QED) is 0.257. The Morgan fingerprint density at radius 2 is 2.12 bits per heavy atom. The van der Waals surface area contributed by atoms with E-state index < -0.39 is 53.1 Å². The zero-order valence-corrected chi connectivity index (χ0v) is 13.9. The highest BCUT2D eigenvalue weighted by molar-refractivity contribution is 5.91. The molecular weight excluding hydrogens is 316 g/mol. The summed E-state index contributed by atoms with van der Waals surface area (Å²) in [5.41, 5.74) is -2.27. The molecule has 7 atom stereocenters. The fourth-order valence-corrected chi connectivity index (χ4v) is 4.34. The Kier molecular flexibility index (Phi) is 3.86. The molecule has 2 fully saturated rings. The highest BCUT2D eigenvalue weighted by atomic mass is 17.1. The number of carbonyl (C=O) groups excluding carboxylic acids is 2. The van der Waals surface area contributed by atoms with Crippen LogP contribution in [0.15, 0.2) is 24.3 Å². The van der Waals surface area contributed by atoms with Crippen LogP contribution in [0.25, 0.3) is 0 Å². The molecule has 7 nitrogen and oxygen atoms in total. The SMILES string of the molecule is C=C1C(=O)OC2C1CC(OC(C)=O)C(C)(O)C1C=CC(C)(OO)C21. The van der Waals surface area contributed by atoms with Crippen molar-refractivity contribution in [1.29, 1.82) is 0 Å². The molecule has 7 unspecified atom stereocenters. The molecule has 1 heterocycles. The van der Waals surface area contributed by atoms with Crippen molar-refractivity contribution >= 4 is 11.9 Å². The second-order valence-corrected chi connectivity index (χ2v) is 7.25. The number of aliphatic hydroxyl groups is 1. The van der Waals surface area contributed by atoms with E-state index in [0.29, 0.717) is 0 Å². The second kappa shape index (κ2) is 5.40. The molecule has 0 spiro atoms. The van der Waals surface area contributed by atoms with Gasteiger partial charge >= 0.3 is 11.9 Å². The van der Waals surface area contributed by atoms with Gasteiger partial charge in [0, 0.05) is 30.3 Å². The number of carbonyl (C=O) groups is 2. The van der Waals surface area contributed by atoms with E-state index in [9.17, 15) is 20.0 Å². The lowest BCUT2D eigenvalue weighted by molar-refractivity contribution is -0.324. The van der Waals surface area contributed by atoms with Gasteiger partial charge < -0.3 is 14.6 Å². The van der Waals surface area contributed by atoms with E-state index in [1.165, 1.54) is 6.92 Å². The zero-order chi connectivity index (χ0) is 17.9. The van der Waals surface area contributed by atoms with Gasteiger partial charge in [0.05, 0.1) is 0 Å². The maximum Gasteiger partial charge on any atom is 0.334 e. The van der Waals surface area contributed by atoms with E-state index in [1.807, 2.05) is 0 Å². The van der Waals surface area contributed by atoms with Crippen LogP contribution in [0.2, 0.25) is 0 Å². The minimum absolute atomic E-state index is 0.212. The molecule has 2 aliphatic carbocycles. The summed E-state index contributed by atoms with van der Waals surface area (Å²) < 4.78 is 10.8. The molecule has 1 saturated carbocycles. The molecule has 0 bridgehead atoms. The molecule has 0 aromatic heterocycles. The average molecular weight is 338 g/mol. The summed E-state index contributed by atoms with van der Waals surface area (Å²) in [4.78, 5) is 28.2. The molecule has 24 heavy (non-hydrogen) atoms. The Labute approximate surface area is 139 Å². The van der Waals surface area contributed by atoms with Crippen LogP contribution < -0.4 is 0 Å². The molecule has 1 aliphatic heterocycles. The van der Waals surface area contributed by atoms with Crippen molar-refractivity contribution in [2.45, 2.75) is 50.6 Å². The predicted octanol–water partition coefficient (Wildman–Crippen LogP) is 1.22. The number of rotatable bonds is 2. The summed E-state index contributed by atoms with van der Waals surface area (Å²) in [7, 11) is 0. The third kappa shape index (κ3) is 2.30. The van der Waals surface area contributed by atoms with Gasteiger partial charge in [-0.05, 0) is 20.3 Å². The summed E-state index contributed by atoms with van der Waals surface area (Å²) in [6, 6.07) is 0. The van der Waals surface area contributed by atoms with Crippen molar-refractivity contribution in [2.75, 3.05) is 0 Å². The van der Waals surface area contributed by atoms with Crippen LogP contribution >= 0.6 is 0 Å². The van der Waals surface area contributed by atoms with Crippen molar-refractivity contribution < 1.29 is 34.3 Å². The average Bonchev–Trinajstić information content (AvgIpc) is 2.95. The van der Waals surface area contributed by atoms with Crippen LogP contribution in [-0.2, 0) is 24.0 Å². The van der Waals surface area contributed by atoms with Gasteiger partial charge in [-0.15, -0.1) is 0 Å². The minimum atomic E-state index is -1.42. The first kappa shape index (κ1) is 17.1. The van der Waals surface area contributed by atoms with Gasteiger partial charge in [-0.3, -0.25) is 10.1 Å². The topological polar surface area (TPSA) is 102 Å². The van der Waals surface area contributed by atoms with Crippen LogP contribution in [0.1, 0.15) is 27.2 Å². The smallest absolute Gasteiger partial charge is 0.334 e. The molecule has 0 aromatic carbocycles. The van der Waals surface area contributed by atoms with E-state index in [1.54, 1.807) is 26.0 Å². The summed E-state index contributed by atoms with van der Waals surface area (Å²) in [6.45, 7) is 8.30. The van der Waals surface area contributed by atoms with Gasteiger partial charge in [0.2, 0.25) is 0 Å². The molecule has 1 saturated heterocycles. The first-order valence-corrected chi connectivity index (χ1v) is 7.93. The van der Waals surface area contributed by atoms with Crippen molar-refractivity contribution in [2.24, 2.45) is 17.8 Å². The van der Waals surface area contributed by atoms with Gasteiger partial charge in [-0.2, -0.15) is 0 Å². The zero-order valence-electron chi connectivity index (χ0n) is 13.9. The van der Waals surface area contributed by atoms with Crippen molar-refractivity contribution in [3.05, 3.63) is 24.3 Å². The Hall–Kier alpha value is -1.70. The van der Waals surface area contributed by atoms with E-state index in [0.717, 1.165) is 0 Å². The normalized spacial score (nSPS) is 47.0. The van der Waals surface area contributed by atoms with E-state index in [-0.39, 0.29) is 12.0 Å². The van der Waals surface area contributed by atoms with Crippen molar-refractivity contribution in [1.82, 2.24) is 0 Å². The Balaban J connectivity index is 2.09. The van der Waals surface area contributed by atoms with Gasteiger partial charge in [0.15, 0.2) is 0 Å². The fraction of sp³-hybridized carbons (Fsp3) is 0.647. The molecule has 2 N–H and O–H groups in total. The highest BCUT2D eigenvalue weighted by Gasteiger charge is 2.63. The highest BCUT2D eigenvalue weighted by Crippen LogP contribution is 2.54. The lowest BCUT2D eigenvalue weighted by Gasteiger charge is -2.40. The molecule has 0 aromatic rings. The maximum atomic E-state index is 12.0. The summed E-state index contributed by atoms with van der Waals surface area (Å²) in [6.07, 6.45) is 2.10. The minimum Gasteiger partial charge on any atom is -0.459 e. The number of esters is 2. The summed E-state index contributed by atoms with van der Waals surface area (Å²) in [5.74, 6) is -2.54. The van der Waals surface area contributed by atoms with E-state index in [2.05, 4.69) is 11.5 Å². The molecule has 3 aliphatic rings. The number of hydrogen-bond donors (Lipinski definition) is 2. The van der Waals surface area contributed by atoms with Gasteiger partial charge in [-0.1, -0.05) is 18.7 Å². The van der Waals surface area contributed by atoms with Crippen molar-refractivity contribution in [3.8, 4) is 0 Å². The van der Waals surface area contributed by atoms with Crippen LogP contribution in [0.4, 0.5) is 0 Å².